The molecule has 0 aliphatic heterocycles. The van der Waals surface area contributed by atoms with Crippen LogP contribution in [0.25, 0.3) is 0 Å². The number of hydrogen-bond acceptors (Lipinski definition) is 3. The Kier molecular flexibility index (Phi) is 9.10. The van der Waals surface area contributed by atoms with Crippen molar-refractivity contribution in [2.75, 3.05) is 6.61 Å². The highest BCUT2D eigenvalue weighted by atomic mass is 79.9. The summed E-state index contributed by atoms with van der Waals surface area (Å²) in [5.41, 5.74) is 0. The first-order valence-electron chi connectivity index (χ1n) is 9.38. The number of ether oxygens (including phenoxy) is 2. The van der Waals surface area contributed by atoms with Crippen molar-refractivity contribution in [3.8, 4) is 0 Å². The van der Waals surface area contributed by atoms with Gasteiger partial charge in [0.1, 0.15) is 15.9 Å². The van der Waals surface area contributed by atoms with Gasteiger partial charge >= 0.3 is 11.9 Å². The average Bonchev–Trinajstić information content (AvgIpc) is 2.76. The lowest BCUT2D eigenvalue weighted by Crippen LogP contribution is -3.00. The van der Waals surface area contributed by atoms with Gasteiger partial charge in [0, 0.05) is 22.9 Å². The molecule has 0 heterocycles. The lowest BCUT2D eigenvalue weighted by Gasteiger charge is -2.27. The maximum absolute atomic E-state index is 11.8. The summed E-state index contributed by atoms with van der Waals surface area (Å²) in [4.78, 5) is 11.8. The third-order valence-electron chi connectivity index (χ3n) is 4.41. The molecule has 0 saturated carbocycles. The van der Waals surface area contributed by atoms with Crippen LogP contribution in [0.15, 0.2) is 101 Å². The Hall–Kier alpha value is -2.13. The van der Waals surface area contributed by atoms with Crippen LogP contribution in [-0.4, -0.2) is 12.6 Å². The van der Waals surface area contributed by atoms with Crippen LogP contribution >= 0.6 is 23.2 Å². The van der Waals surface area contributed by atoms with Gasteiger partial charge in [-0.1, -0.05) is 54.6 Å². The molecule has 3 aromatic carbocycles. The van der Waals surface area contributed by atoms with Gasteiger partial charge in [-0.25, -0.2) is 0 Å². The van der Waals surface area contributed by atoms with Crippen LogP contribution in [0.3, 0.4) is 0 Å². The van der Waals surface area contributed by atoms with Crippen LogP contribution in [-0.2, 0) is 14.3 Å². The maximum atomic E-state index is 11.8. The van der Waals surface area contributed by atoms with Gasteiger partial charge in [-0.15, -0.1) is 0 Å². The predicted molar refractivity (Wildman–Crippen MR) is 124 cm³/mol. The van der Waals surface area contributed by atoms with Gasteiger partial charge in [0.25, 0.3) is 0 Å². The monoisotopic (exact) mass is 504 g/mol. The van der Waals surface area contributed by atoms with Crippen molar-refractivity contribution in [1.82, 2.24) is 0 Å². The molecule has 0 aromatic heterocycles. The summed E-state index contributed by atoms with van der Waals surface area (Å²) < 4.78 is 12.1. The van der Waals surface area contributed by atoms with Crippen molar-refractivity contribution in [2.45, 2.75) is 13.8 Å². The Labute approximate surface area is 193 Å². The molecule has 0 aliphatic carbocycles. The van der Waals surface area contributed by atoms with Gasteiger partial charge in [0.05, 0.1) is 6.61 Å². The summed E-state index contributed by atoms with van der Waals surface area (Å²) in [5.74, 6) is -0.206. The van der Waals surface area contributed by atoms with E-state index in [9.17, 15) is 4.79 Å². The zero-order valence-electron chi connectivity index (χ0n) is 16.8. The van der Waals surface area contributed by atoms with Crippen molar-refractivity contribution < 1.29 is 26.7 Å². The van der Waals surface area contributed by atoms with Gasteiger partial charge in [-0.05, 0) is 43.3 Å². The number of carbonyl (C=O) groups is 1. The fourth-order valence-electron chi connectivity index (χ4n) is 3.27. The summed E-state index contributed by atoms with van der Waals surface area (Å²) in [7, 11) is -2.39. The van der Waals surface area contributed by atoms with E-state index in [4.69, 9.17) is 9.47 Å². The summed E-state index contributed by atoms with van der Waals surface area (Å²) >= 11 is 3.83. The average molecular weight is 506 g/mol. The van der Waals surface area contributed by atoms with E-state index < -0.39 is 13.2 Å². The Morgan fingerprint density at radius 1 is 0.800 bits per heavy atom. The molecule has 6 heteroatoms. The Morgan fingerprint density at radius 2 is 1.17 bits per heavy atom. The molecular formula is C24H23BrClO3P. The zero-order valence-corrected chi connectivity index (χ0v) is 20.0. The van der Waals surface area contributed by atoms with Crippen LogP contribution in [0.2, 0.25) is 0 Å². The molecule has 156 valence electrons. The molecule has 3 aromatic rings. The van der Waals surface area contributed by atoms with Gasteiger partial charge in [-0.3, -0.25) is 4.79 Å². The topological polar surface area (TPSA) is 35.5 Å². The first kappa shape index (κ1) is 24.1. The third-order valence-corrected chi connectivity index (χ3v) is 10.3. The van der Waals surface area contributed by atoms with E-state index in [0.717, 1.165) is 20.1 Å². The number of carbonyl (C=O) groups excluding carboxylic acids is 1. The van der Waals surface area contributed by atoms with E-state index in [0.29, 0.717) is 6.61 Å². The molecular weight excluding hydrogens is 483 g/mol. The van der Waals surface area contributed by atoms with Crippen LogP contribution in [0.4, 0.5) is 0 Å². The minimum absolute atomic E-state index is 0. The van der Waals surface area contributed by atoms with E-state index in [2.05, 4.69) is 52.3 Å². The zero-order chi connectivity index (χ0) is 20.7. The van der Waals surface area contributed by atoms with Gasteiger partial charge in [0.15, 0.2) is 7.26 Å². The first-order chi connectivity index (χ1) is 14.1. The van der Waals surface area contributed by atoms with E-state index in [1.165, 1.54) is 6.92 Å². The van der Waals surface area contributed by atoms with Crippen molar-refractivity contribution >= 4 is 45.1 Å². The number of benzene rings is 3. The highest BCUT2D eigenvalue weighted by molar-refractivity contribution is 9.13. The molecule has 0 amide bonds. The molecule has 3 rings (SSSR count). The van der Waals surface area contributed by atoms with E-state index in [-0.39, 0.29) is 18.4 Å². The second kappa shape index (κ2) is 11.3. The maximum Gasteiger partial charge on any atom is 0.340 e. The smallest absolute Gasteiger partial charge is 0.340 e. The van der Waals surface area contributed by atoms with Crippen molar-refractivity contribution in [3.05, 3.63) is 101 Å². The SMILES string of the molecule is CCO/C(OC(C)=O)=C(/Br)[P+](c1ccccc1)(c1ccccc1)c1ccccc1.[Cl-]. The van der Waals surface area contributed by atoms with Crippen LogP contribution < -0.4 is 28.3 Å². The Bertz CT molecular complexity index is 882. The molecule has 0 bridgehead atoms. The predicted octanol–water partition coefficient (Wildman–Crippen LogP) is 2.11. The summed E-state index contributed by atoms with van der Waals surface area (Å²) in [6.07, 6.45) is 0. The molecule has 0 atom stereocenters. The lowest BCUT2D eigenvalue weighted by molar-refractivity contribution is -0.142. The quantitative estimate of drug-likeness (QED) is 0.280. The summed E-state index contributed by atoms with van der Waals surface area (Å²) in [5, 5.41) is 3.40. The Morgan fingerprint density at radius 3 is 1.47 bits per heavy atom. The van der Waals surface area contributed by atoms with Gasteiger partial charge in [-0.2, -0.15) is 0 Å². The number of halogens is 2. The van der Waals surface area contributed by atoms with Crippen LogP contribution in [0.1, 0.15) is 13.8 Å². The second-order valence-electron chi connectivity index (χ2n) is 6.28. The first-order valence-corrected chi connectivity index (χ1v) is 12.0. The highest BCUT2D eigenvalue weighted by Crippen LogP contribution is 2.65. The molecule has 0 radical (unpaired) electrons. The van der Waals surface area contributed by atoms with Crippen molar-refractivity contribution in [2.24, 2.45) is 0 Å². The Balaban J connectivity index is 0.00000320. The molecule has 0 N–H and O–H groups in total. The standard InChI is InChI=1S/C24H23BrO3P.ClH/c1-3-27-24(28-19(2)26)23(25)29(20-13-7-4-8-14-20,21-15-9-5-10-16-21)22-17-11-6-12-18-22;/h4-18H,3H2,1-2H3;1H/q+1;/p-1/b24-23+;. The number of hydrogen-bond donors (Lipinski definition) is 0. The van der Waals surface area contributed by atoms with E-state index in [1.807, 2.05) is 61.5 Å². The molecule has 0 saturated heterocycles. The summed E-state index contributed by atoms with van der Waals surface area (Å²) in [6.45, 7) is 3.64. The molecule has 3 nitrogen and oxygen atoms in total. The third kappa shape index (κ3) is 4.95. The molecule has 30 heavy (non-hydrogen) atoms. The number of esters is 1. The van der Waals surface area contributed by atoms with Crippen LogP contribution in [0, 0.1) is 0 Å². The molecule has 0 spiro atoms. The second-order valence-corrected chi connectivity index (χ2v) is 11.0. The largest absolute Gasteiger partial charge is 1.00 e. The van der Waals surface area contributed by atoms with Gasteiger partial charge < -0.3 is 21.9 Å². The molecule has 0 fully saturated rings. The minimum atomic E-state index is -2.39. The molecule has 0 aliphatic rings. The van der Waals surface area contributed by atoms with Crippen molar-refractivity contribution in [3.63, 3.8) is 0 Å². The fraction of sp³-hybridized carbons (Fsp3) is 0.125. The molecule has 0 unspecified atom stereocenters. The normalized spacial score (nSPS) is 11.7. The van der Waals surface area contributed by atoms with Gasteiger partial charge in [0.2, 0.25) is 4.22 Å². The minimum Gasteiger partial charge on any atom is -1.00 e. The lowest BCUT2D eigenvalue weighted by atomic mass is 10.4. The highest BCUT2D eigenvalue weighted by Gasteiger charge is 2.52. The van der Waals surface area contributed by atoms with Crippen molar-refractivity contribution in [1.29, 1.82) is 0 Å². The van der Waals surface area contributed by atoms with E-state index >= 15 is 0 Å². The van der Waals surface area contributed by atoms with Crippen LogP contribution in [0.5, 0.6) is 0 Å². The van der Waals surface area contributed by atoms with E-state index in [1.54, 1.807) is 0 Å². The summed E-state index contributed by atoms with van der Waals surface area (Å²) in [6, 6.07) is 30.9. The number of rotatable bonds is 7. The fourth-order valence-corrected chi connectivity index (χ4v) is 9.13.